The number of hydrogen-bond acceptors (Lipinski definition) is 3. The van der Waals surface area contributed by atoms with Crippen molar-refractivity contribution < 1.29 is 4.55 Å². The monoisotopic (exact) mass is 294 g/mol. The van der Waals surface area contributed by atoms with Crippen molar-refractivity contribution in [3.63, 3.8) is 0 Å². The van der Waals surface area contributed by atoms with Crippen LogP contribution in [-0.4, -0.2) is 14.3 Å². The van der Waals surface area contributed by atoms with Crippen LogP contribution in [0.5, 0.6) is 0 Å². The SMILES string of the molecule is Cc1cc(C(CCC2CC2)N[S+]([O-])C(C)(C)C)ccn1. The zero-order valence-corrected chi connectivity index (χ0v) is 13.8. The Morgan fingerprint density at radius 3 is 2.70 bits per heavy atom. The van der Waals surface area contributed by atoms with E-state index in [1.54, 1.807) is 0 Å². The molecule has 112 valence electrons. The predicted molar refractivity (Wildman–Crippen MR) is 84.7 cm³/mol. The first-order valence-corrected chi connectivity index (χ1v) is 8.62. The number of nitrogens with zero attached hydrogens (tertiary/aromatic N) is 1. The zero-order valence-electron chi connectivity index (χ0n) is 13.0. The van der Waals surface area contributed by atoms with Crippen LogP contribution in [0.15, 0.2) is 18.3 Å². The van der Waals surface area contributed by atoms with Crippen molar-refractivity contribution in [2.45, 2.75) is 64.2 Å². The minimum absolute atomic E-state index is 0.164. The van der Waals surface area contributed by atoms with Crippen molar-refractivity contribution in [3.05, 3.63) is 29.6 Å². The molecule has 1 N–H and O–H groups in total. The maximum Gasteiger partial charge on any atom is 0.136 e. The summed E-state index contributed by atoms with van der Waals surface area (Å²) in [6.45, 7) is 8.02. The minimum atomic E-state index is -1.04. The molecule has 1 aromatic rings. The molecule has 0 spiro atoms. The third-order valence-corrected chi connectivity index (χ3v) is 5.30. The van der Waals surface area contributed by atoms with Gasteiger partial charge in [0.25, 0.3) is 0 Å². The van der Waals surface area contributed by atoms with Gasteiger partial charge in [-0.05, 0) is 64.2 Å². The summed E-state index contributed by atoms with van der Waals surface area (Å²) in [7, 11) is 0. The van der Waals surface area contributed by atoms with E-state index in [1.807, 2.05) is 40.0 Å². The van der Waals surface area contributed by atoms with Gasteiger partial charge in [0.15, 0.2) is 0 Å². The van der Waals surface area contributed by atoms with Gasteiger partial charge in [0.05, 0.1) is 6.04 Å². The van der Waals surface area contributed by atoms with E-state index < -0.39 is 11.4 Å². The van der Waals surface area contributed by atoms with Gasteiger partial charge in [-0.15, -0.1) is 4.72 Å². The summed E-state index contributed by atoms with van der Waals surface area (Å²) >= 11 is -1.04. The first kappa shape index (κ1) is 15.8. The van der Waals surface area contributed by atoms with Crippen molar-refractivity contribution >= 4 is 11.4 Å². The highest BCUT2D eigenvalue weighted by Crippen LogP contribution is 2.36. The molecule has 1 aliphatic carbocycles. The lowest BCUT2D eigenvalue weighted by atomic mass is 10.0. The second kappa shape index (κ2) is 6.46. The highest BCUT2D eigenvalue weighted by molar-refractivity contribution is 7.90. The highest BCUT2D eigenvalue weighted by Gasteiger charge is 2.31. The maximum absolute atomic E-state index is 12.4. The van der Waals surface area contributed by atoms with Crippen molar-refractivity contribution in [2.24, 2.45) is 5.92 Å². The van der Waals surface area contributed by atoms with E-state index in [4.69, 9.17) is 0 Å². The van der Waals surface area contributed by atoms with Crippen molar-refractivity contribution in [3.8, 4) is 0 Å². The average molecular weight is 294 g/mol. The number of nitrogens with one attached hydrogen (secondary N) is 1. The molecule has 1 aliphatic rings. The zero-order chi connectivity index (χ0) is 14.8. The quantitative estimate of drug-likeness (QED) is 0.814. The predicted octanol–water partition coefficient (Wildman–Crippen LogP) is 3.67. The summed E-state index contributed by atoms with van der Waals surface area (Å²) in [6.07, 6.45) is 6.85. The van der Waals surface area contributed by atoms with Gasteiger partial charge in [0, 0.05) is 23.3 Å². The Morgan fingerprint density at radius 2 is 2.15 bits per heavy atom. The lowest BCUT2D eigenvalue weighted by Gasteiger charge is -2.28. The second-order valence-corrected chi connectivity index (χ2v) is 8.80. The maximum atomic E-state index is 12.4. The Bertz CT molecular complexity index is 440. The molecule has 1 heterocycles. The summed E-state index contributed by atoms with van der Waals surface area (Å²) in [6, 6.07) is 4.30. The van der Waals surface area contributed by atoms with Crippen LogP contribution in [0.2, 0.25) is 0 Å². The van der Waals surface area contributed by atoms with E-state index in [0.29, 0.717) is 0 Å². The van der Waals surface area contributed by atoms with Crippen LogP contribution in [0.4, 0.5) is 0 Å². The number of rotatable bonds is 6. The molecule has 0 aliphatic heterocycles. The lowest BCUT2D eigenvalue weighted by molar-refractivity contribution is 0.494. The van der Waals surface area contributed by atoms with Crippen LogP contribution in [0.3, 0.4) is 0 Å². The van der Waals surface area contributed by atoms with Crippen LogP contribution >= 0.6 is 0 Å². The molecule has 4 heteroatoms. The fraction of sp³-hybridized carbons (Fsp3) is 0.688. The van der Waals surface area contributed by atoms with E-state index in [-0.39, 0.29) is 10.8 Å². The minimum Gasteiger partial charge on any atom is -0.598 e. The average Bonchev–Trinajstić information content (AvgIpc) is 3.16. The Morgan fingerprint density at radius 1 is 1.45 bits per heavy atom. The topological polar surface area (TPSA) is 48.0 Å². The molecule has 20 heavy (non-hydrogen) atoms. The van der Waals surface area contributed by atoms with Crippen LogP contribution in [0, 0.1) is 12.8 Å². The summed E-state index contributed by atoms with van der Waals surface area (Å²) in [4.78, 5) is 4.25. The van der Waals surface area contributed by atoms with E-state index in [1.165, 1.54) is 24.8 Å². The van der Waals surface area contributed by atoms with Gasteiger partial charge in [-0.2, -0.15) is 0 Å². The van der Waals surface area contributed by atoms with Crippen LogP contribution < -0.4 is 4.72 Å². The molecule has 0 aromatic carbocycles. The van der Waals surface area contributed by atoms with Crippen molar-refractivity contribution in [1.29, 1.82) is 0 Å². The molecule has 1 aromatic heterocycles. The third kappa shape index (κ3) is 4.76. The standard InChI is InChI=1S/C16H26N2OS/c1-12-11-14(9-10-17-12)15(8-7-13-5-6-13)18-20(19)16(2,3)4/h9-11,13,15,18H,5-8H2,1-4H3. The first-order valence-electron chi connectivity index (χ1n) is 7.47. The molecule has 0 bridgehead atoms. The Balaban J connectivity index is 2.06. The Labute approximate surface area is 125 Å². The second-order valence-electron chi connectivity index (χ2n) is 6.80. The lowest BCUT2D eigenvalue weighted by Crippen LogP contribution is -2.41. The van der Waals surface area contributed by atoms with E-state index in [9.17, 15) is 4.55 Å². The van der Waals surface area contributed by atoms with Gasteiger partial charge in [-0.1, -0.05) is 12.8 Å². The van der Waals surface area contributed by atoms with Crippen LogP contribution in [0.25, 0.3) is 0 Å². The van der Waals surface area contributed by atoms with E-state index in [0.717, 1.165) is 18.0 Å². The molecule has 2 rings (SSSR count). The first-order chi connectivity index (χ1) is 9.36. The van der Waals surface area contributed by atoms with Gasteiger partial charge >= 0.3 is 0 Å². The molecule has 2 unspecified atom stereocenters. The van der Waals surface area contributed by atoms with Crippen LogP contribution in [0.1, 0.15) is 63.8 Å². The smallest absolute Gasteiger partial charge is 0.136 e. The fourth-order valence-electron chi connectivity index (χ4n) is 2.19. The normalized spacial score (nSPS) is 18.9. The summed E-state index contributed by atoms with van der Waals surface area (Å²) in [5, 5.41) is 0. The molecular formula is C16H26N2OS. The van der Waals surface area contributed by atoms with Gasteiger partial charge < -0.3 is 4.55 Å². The highest BCUT2D eigenvalue weighted by atomic mass is 32.2. The number of hydrogen-bond donors (Lipinski definition) is 1. The largest absolute Gasteiger partial charge is 0.598 e. The van der Waals surface area contributed by atoms with Gasteiger partial charge in [0.2, 0.25) is 0 Å². The molecular weight excluding hydrogens is 268 g/mol. The van der Waals surface area contributed by atoms with Gasteiger partial charge in [-0.3, -0.25) is 4.98 Å². The van der Waals surface area contributed by atoms with Gasteiger partial charge in [0.1, 0.15) is 4.75 Å². The van der Waals surface area contributed by atoms with Crippen LogP contribution in [-0.2, 0) is 11.4 Å². The Kier molecular flexibility index (Phi) is 5.10. The number of pyridine rings is 1. The number of aromatic nitrogens is 1. The van der Waals surface area contributed by atoms with Gasteiger partial charge in [-0.25, -0.2) is 0 Å². The molecule has 2 atom stereocenters. The molecule has 1 fully saturated rings. The summed E-state index contributed by atoms with van der Waals surface area (Å²) in [5.74, 6) is 0.894. The summed E-state index contributed by atoms with van der Waals surface area (Å²) < 4.78 is 15.5. The summed E-state index contributed by atoms with van der Waals surface area (Å²) in [5.41, 5.74) is 2.22. The van der Waals surface area contributed by atoms with E-state index >= 15 is 0 Å². The molecule has 0 saturated heterocycles. The molecule has 0 amide bonds. The van der Waals surface area contributed by atoms with E-state index in [2.05, 4.69) is 15.8 Å². The molecule has 1 saturated carbocycles. The number of aryl methyl sites for hydroxylation is 1. The van der Waals surface area contributed by atoms with Crippen molar-refractivity contribution in [1.82, 2.24) is 9.71 Å². The van der Waals surface area contributed by atoms with Crippen molar-refractivity contribution in [2.75, 3.05) is 0 Å². The fourth-order valence-corrected chi connectivity index (χ4v) is 3.06. The Hall–Kier alpha value is -0.580. The molecule has 0 radical (unpaired) electrons. The molecule has 3 nitrogen and oxygen atoms in total. The third-order valence-electron chi connectivity index (χ3n) is 3.69.